The van der Waals surface area contributed by atoms with Crippen LogP contribution in [-0.4, -0.2) is 26.6 Å². The number of primary sulfonamides is 1. The van der Waals surface area contributed by atoms with Crippen LogP contribution in [0.5, 0.6) is 0 Å². The quantitative estimate of drug-likeness (QED) is 0.715. The third-order valence-electron chi connectivity index (χ3n) is 3.40. The molecule has 0 unspecified atom stereocenters. The van der Waals surface area contributed by atoms with Gasteiger partial charge in [-0.3, -0.25) is 4.79 Å². The molecule has 5 nitrogen and oxygen atoms in total. The molecule has 8 heteroatoms. The Balaban J connectivity index is 1.67. The molecular weight excluding hydrogens is 380 g/mol. The van der Waals surface area contributed by atoms with Crippen molar-refractivity contribution < 1.29 is 13.2 Å². The van der Waals surface area contributed by atoms with Gasteiger partial charge >= 0.3 is 0 Å². The van der Waals surface area contributed by atoms with E-state index in [1.807, 2.05) is 24.3 Å². The Labute approximate surface area is 157 Å². The fourth-order valence-electron chi connectivity index (χ4n) is 2.09. The summed E-state index contributed by atoms with van der Waals surface area (Å²) in [6.45, 7) is 0.495. The van der Waals surface area contributed by atoms with Crippen molar-refractivity contribution >= 4 is 39.3 Å². The topological polar surface area (TPSA) is 89.3 Å². The number of carbonyl (C=O) groups is 1. The van der Waals surface area contributed by atoms with Gasteiger partial charge in [0.25, 0.3) is 0 Å². The van der Waals surface area contributed by atoms with Crippen molar-refractivity contribution in [3.8, 4) is 0 Å². The van der Waals surface area contributed by atoms with Crippen LogP contribution in [-0.2, 0) is 27.0 Å². The van der Waals surface area contributed by atoms with E-state index in [2.05, 4.69) is 5.32 Å². The van der Waals surface area contributed by atoms with Crippen LogP contribution < -0.4 is 10.5 Å². The molecule has 0 aliphatic rings. The molecule has 2 aromatic rings. The molecule has 0 saturated carbocycles. The standard InChI is InChI=1S/C17H19ClN2O3S2/c18-15-5-1-14(2-6-15)11-24-12-17(21)20-10-9-13-3-7-16(8-4-13)25(19,22)23/h1-8H,9-12H2,(H,20,21)(H2,19,22,23). The SMILES string of the molecule is NS(=O)(=O)c1ccc(CCNC(=O)CSCc2ccc(Cl)cc2)cc1. The second-order valence-corrected chi connectivity index (χ2v) is 8.39. The highest BCUT2D eigenvalue weighted by molar-refractivity contribution is 7.99. The Morgan fingerprint density at radius 3 is 2.24 bits per heavy atom. The fourth-order valence-corrected chi connectivity index (χ4v) is 3.54. The number of amides is 1. The van der Waals surface area contributed by atoms with E-state index in [-0.39, 0.29) is 10.8 Å². The van der Waals surface area contributed by atoms with Crippen molar-refractivity contribution in [2.45, 2.75) is 17.1 Å². The Morgan fingerprint density at radius 2 is 1.64 bits per heavy atom. The summed E-state index contributed by atoms with van der Waals surface area (Å²) >= 11 is 7.36. The third kappa shape index (κ3) is 7.07. The van der Waals surface area contributed by atoms with Crippen LogP contribution in [0.25, 0.3) is 0 Å². The maximum absolute atomic E-state index is 11.8. The van der Waals surface area contributed by atoms with Crippen molar-refractivity contribution in [1.29, 1.82) is 0 Å². The lowest BCUT2D eigenvalue weighted by atomic mass is 10.1. The fraction of sp³-hybridized carbons (Fsp3) is 0.235. The molecular formula is C17H19ClN2O3S2. The first-order valence-electron chi connectivity index (χ1n) is 7.55. The molecule has 0 bridgehead atoms. The summed E-state index contributed by atoms with van der Waals surface area (Å²) in [4.78, 5) is 11.9. The first-order valence-corrected chi connectivity index (χ1v) is 10.6. The van der Waals surface area contributed by atoms with Crippen LogP contribution in [0.15, 0.2) is 53.4 Å². The molecule has 0 fully saturated rings. The van der Waals surface area contributed by atoms with Crippen molar-refractivity contribution in [3.05, 3.63) is 64.7 Å². The summed E-state index contributed by atoms with van der Waals surface area (Å²) in [5, 5.41) is 8.59. The predicted octanol–water partition coefficient (Wildman–Crippen LogP) is 2.58. The van der Waals surface area contributed by atoms with Gasteiger partial charge in [-0.05, 0) is 41.8 Å². The maximum atomic E-state index is 11.8. The van der Waals surface area contributed by atoms with Gasteiger partial charge < -0.3 is 5.32 Å². The molecule has 0 aromatic heterocycles. The third-order valence-corrected chi connectivity index (χ3v) is 5.59. The number of sulfonamides is 1. The van der Waals surface area contributed by atoms with Gasteiger partial charge in [0.2, 0.25) is 15.9 Å². The maximum Gasteiger partial charge on any atom is 0.238 e. The van der Waals surface area contributed by atoms with Gasteiger partial charge in [-0.2, -0.15) is 0 Å². The van der Waals surface area contributed by atoms with Gasteiger partial charge in [0, 0.05) is 17.3 Å². The smallest absolute Gasteiger partial charge is 0.238 e. The second kappa shape index (κ2) is 9.24. The molecule has 0 radical (unpaired) electrons. The van der Waals surface area contributed by atoms with Gasteiger partial charge in [-0.25, -0.2) is 13.6 Å². The molecule has 134 valence electrons. The number of rotatable bonds is 8. The minimum Gasteiger partial charge on any atom is -0.355 e. The zero-order chi connectivity index (χ0) is 18.3. The largest absolute Gasteiger partial charge is 0.355 e. The van der Waals surface area contributed by atoms with Gasteiger partial charge in [0.1, 0.15) is 0 Å². The number of nitrogens with two attached hydrogens (primary N) is 1. The monoisotopic (exact) mass is 398 g/mol. The highest BCUT2D eigenvalue weighted by atomic mass is 35.5. The number of hydrogen-bond donors (Lipinski definition) is 2. The molecule has 0 spiro atoms. The molecule has 25 heavy (non-hydrogen) atoms. The van der Waals surface area contributed by atoms with E-state index in [0.717, 1.165) is 16.9 Å². The van der Waals surface area contributed by atoms with E-state index in [4.69, 9.17) is 16.7 Å². The summed E-state index contributed by atoms with van der Waals surface area (Å²) in [7, 11) is -3.67. The molecule has 0 aliphatic carbocycles. The number of hydrogen-bond acceptors (Lipinski definition) is 4. The zero-order valence-electron chi connectivity index (χ0n) is 13.4. The van der Waals surface area contributed by atoms with Crippen LogP contribution >= 0.6 is 23.4 Å². The average Bonchev–Trinajstić information content (AvgIpc) is 2.56. The number of benzene rings is 2. The number of halogens is 1. The van der Waals surface area contributed by atoms with Crippen LogP contribution in [0.1, 0.15) is 11.1 Å². The first kappa shape index (κ1) is 19.8. The molecule has 1 amide bonds. The van der Waals surface area contributed by atoms with E-state index < -0.39 is 10.0 Å². The van der Waals surface area contributed by atoms with E-state index in [1.54, 1.807) is 12.1 Å². The Hall–Kier alpha value is -1.54. The van der Waals surface area contributed by atoms with E-state index in [0.29, 0.717) is 23.7 Å². The summed E-state index contributed by atoms with van der Waals surface area (Å²) < 4.78 is 22.4. The van der Waals surface area contributed by atoms with Gasteiger partial charge in [-0.1, -0.05) is 35.9 Å². The lowest BCUT2D eigenvalue weighted by Gasteiger charge is -2.06. The number of carbonyl (C=O) groups excluding carboxylic acids is 1. The van der Waals surface area contributed by atoms with Crippen LogP contribution in [0.3, 0.4) is 0 Å². The van der Waals surface area contributed by atoms with Gasteiger partial charge in [0.05, 0.1) is 10.6 Å². The molecule has 0 saturated heterocycles. The summed E-state index contributed by atoms with van der Waals surface area (Å²) in [5.41, 5.74) is 2.05. The second-order valence-electron chi connectivity index (χ2n) is 5.41. The summed E-state index contributed by atoms with van der Waals surface area (Å²) in [6, 6.07) is 13.9. The number of nitrogens with one attached hydrogen (secondary N) is 1. The summed E-state index contributed by atoms with van der Waals surface area (Å²) in [5.74, 6) is 1.10. The Morgan fingerprint density at radius 1 is 1.04 bits per heavy atom. The Bertz CT molecular complexity index is 807. The zero-order valence-corrected chi connectivity index (χ0v) is 15.8. The minimum absolute atomic E-state index is 0.0277. The molecule has 0 aliphatic heterocycles. The molecule has 3 N–H and O–H groups in total. The predicted molar refractivity (Wildman–Crippen MR) is 102 cm³/mol. The van der Waals surface area contributed by atoms with E-state index in [9.17, 15) is 13.2 Å². The Kier molecular flexibility index (Phi) is 7.31. The van der Waals surface area contributed by atoms with Crippen LogP contribution in [0.4, 0.5) is 0 Å². The van der Waals surface area contributed by atoms with Gasteiger partial charge in [0.15, 0.2) is 0 Å². The van der Waals surface area contributed by atoms with E-state index >= 15 is 0 Å². The lowest BCUT2D eigenvalue weighted by Crippen LogP contribution is -2.27. The summed E-state index contributed by atoms with van der Waals surface area (Å²) in [6.07, 6.45) is 0.624. The van der Waals surface area contributed by atoms with Crippen molar-refractivity contribution in [3.63, 3.8) is 0 Å². The highest BCUT2D eigenvalue weighted by Gasteiger charge is 2.07. The normalized spacial score (nSPS) is 11.3. The molecule has 0 heterocycles. The minimum atomic E-state index is -3.67. The van der Waals surface area contributed by atoms with E-state index in [1.165, 1.54) is 23.9 Å². The number of thioether (sulfide) groups is 1. The van der Waals surface area contributed by atoms with Crippen LogP contribution in [0.2, 0.25) is 5.02 Å². The lowest BCUT2D eigenvalue weighted by molar-refractivity contribution is -0.118. The highest BCUT2D eigenvalue weighted by Crippen LogP contribution is 2.15. The average molecular weight is 399 g/mol. The van der Waals surface area contributed by atoms with Crippen molar-refractivity contribution in [2.75, 3.05) is 12.3 Å². The molecule has 2 aromatic carbocycles. The van der Waals surface area contributed by atoms with Crippen molar-refractivity contribution in [2.24, 2.45) is 5.14 Å². The molecule has 2 rings (SSSR count). The van der Waals surface area contributed by atoms with Crippen LogP contribution in [0, 0.1) is 0 Å². The molecule has 0 atom stereocenters. The van der Waals surface area contributed by atoms with Crippen molar-refractivity contribution in [1.82, 2.24) is 5.32 Å². The first-order chi connectivity index (χ1) is 11.8. The van der Waals surface area contributed by atoms with Gasteiger partial charge in [-0.15, -0.1) is 11.8 Å².